The van der Waals surface area contributed by atoms with Gasteiger partial charge in [0.15, 0.2) is 0 Å². The Balaban J connectivity index is 1.17. The topological polar surface area (TPSA) is 109 Å². The average Bonchev–Trinajstić information content (AvgIpc) is 3.52. The van der Waals surface area contributed by atoms with Crippen molar-refractivity contribution < 1.29 is 27.6 Å². The summed E-state index contributed by atoms with van der Waals surface area (Å²) in [6.45, 7) is 0. The van der Waals surface area contributed by atoms with Crippen LogP contribution in [0.15, 0.2) is 131 Å². The summed E-state index contributed by atoms with van der Waals surface area (Å²) in [4.78, 5) is 50.0. The smallest absolute Gasteiger partial charge is 0.258 e. The lowest BCUT2D eigenvalue weighted by Crippen LogP contribution is -2.29. The van der Waals surface area contributed by atoms with E-state index in [1.54, 1.807) is 97.1 Å². The lowest BCUT2D eigenvalue weighted by Gasteiger charge is -2.14. The lowest BCUT2D eigenvalue weighted by molar-refractivity contribution is -0.121. The number of sulfone groups is 1. The summed E-state index contributed by atoms with van der Waals surface area (Å²) in [5.41, 5.74) is 4.08. The summed E-state index contributed by atoms with van der Waals surface area (Å²) in [7, 11) is -3.77. The maximum atomic E-state index is 13.3. The highest BCUT2D eigenvalue weighted by atomic mass is 32.2. The zero-order chi connectivity index (χ0) is 28.7. The Morgan fingerprint density at radius 3 is 0.878 bits per heavy atom. The van der Waals surface area contributed by atoms with Crippen molar-refractivity contribution in [2.45, 2.75) is 9.79 Å². The number of anilines is 2. The van der Waals surface area contributed by atoms with Crippen molar-refractivity contribution in [3.8, 4) is 22.3 Å². The van der Waals surface area contributed by atoms with Crippen molar-refractivity contribution in [3.63, 3.8) is 0 Å². The molecule has 8 nitrogen and oxygen atoms in total. The summed E-state index contributed by atoms with van der Waals surface area (Å²) < 4.78 is 26.6. The predicted molar refractivity (Wildman–Crippen MR) is 152 cm³/mol. The van der Waals surface area contributed by atoms with Crippen LogP contribution in [0.1, 0.15) is 0 Å². The second kappa shape index (κ2) is 9.96. The normalized spacial score (nSPS) is 14.9. The number of hydrogen-bond acceptors (Lipinski definition) is 6. The third-order valence-corrected chi connectivity index (χ3v) is 8.65. The molecule has 200 valence electrons. The van der Waals surface area contributed by atoms with Crippen LogP contribution in [0.3, 0.4) is 0 Å². The van der Waals surface area contributed by atoms with E-state index in [1.165, 1.54) is 24.3 Å². The molecule has 0 saturated carbocycles. The van der Waals surface area contributed by atoms with Gasteiger partial charge in [-0.15, -0.1) is 0 Å². The maximum Gasteiger partial charge on any atom is 0.258 e. The van der Waals surface area contributed by atoms with Gasteiger partial charge < -0.3 is 0 Å². The van der Waals surface area contributed by atoms with Gasteiger partial charge in [0.2, 0.25) is 9.84 Å². The van der Waals surface area contributed by atoms with Crippen molar-refractivity contribution in [2.75, 3.05) is 9.80 Å². The SMILES string of the molecule is O=C1C=CC(=O)N1c1ccc(-c2ccc(S(=O)(=O)c3ccc(-c4ccc(N5C(=O)C=CC5=O)cc4)cc3)cc2)cc1. The molecule has 2 heterocycles. The first-order valence-corrected chi connectivity index (χ1v) is 14.0. The summed E-state index contributed by atoms with van der Waals surface area (Å²) in [6, 6.07) is 26.7. The molecule has 2 aliphatic heterocycles. The van der Waals surface area contributed by atoms with Gasteiger partial charge in [0.05, 0.1) is 21.2 Å². The monoisotopic (exact) mass is 560 g/mol. The van der Waals surface area contributed by atoms with Crippen LogP contribution < -0.4 is 9.80 Å². The number of carbonyl (C=O) groups excluding carboxylic acids is 4. The number of nitrogens with zero attached hydrogens (tertiary/aromatic N) is 2. The molecular weight excluding hydrogens is 540 g/mol. The first-order chi connectivity index (χ1) is 19.7. The summed E-state index contributed by atoms with van der Waals surface area (Å²) in [5, 5.41) is 0. The average molecular weight is 561 g/mol. The van der Waals surface area contributed by atoms with Crippen molar-refractivity contribution in [1.29, 1.82) is 0 Å². The Labute approximate surface area is 235 Å². The van der Waals surface area contributed by atoms with Crippen LogP contribution in [0.4, 0.5) is 11.4 Å². The third-order valence-electron chi connectivity index (χ3n) is 6.87. The van der Waals surface area contributed by atoms with E-state index in [0.29, 0.717) is 11.4 Å². The van der Waals surface area contributed by atoms with E-state index in [0.717, 1.165) is 32.1 Å². The molecule has 41 heavy (non-hydrogen) atoms. The Hall–Kier alpha value is -5.41. The predicted octanol–water partition coefficient (Wildman–Crippen LogP) is 4.71. The zero-order valence-corrected chi connectivity index (χ0v) is 22.1. The van der Waals surface area contributed by atoms with Gasteiger partial charge in [-0.05, 0) is 70.8 Å². The molecule has 0 N–H and O–H groups in total. The molecule has 4 amide bonds. The number of amides is 4. The van der Waals surface area contributed by atoms with Crippen LogP contribution in [0, 0.1) is 0 Å². The van der Waals surface area contributed by atoms with E-state index >= 15 is 0 Å². The molecule has 0 atom stereocenters. The highest BCUT2D eigenvalue weighted by molar-refractivity contribution is 7.91. The van der Waals surface area contributed by atoms with Crippen LogP contribution in [0.5, 0.6) is 0 Å². The van der Waals surface area contributed by atoms with Gasteiger partial charge in [0.25, 0.3) is 23.6 Å². The quantitative estimate of drug-likeness (QED) is 0.316. The summed E-state index contributed by atoms with van der Waals surface area (Å²) in [5.74, 6) is -1.58. The molecule has 0 fully saturated rings. The van der Waals surface area contributed by atoms with Crippen LogP contribution in [-0.4, -0.2) is 32.0 Å². The second-order valence-corrected chi connectivity index (χ2v) is 11.3. The van der Waals surface area contributed by atoms with E-state index in [4.69, 9.17) is 0 Å². The fourth-order valence-corrected chi connectivity index (χ4v) is 5.97. The molecule has 0 spiro atoms. The van der Waals surface area contributed by atoms with E-state index < -0.39 is 33.5 Å². The highest BCUT2D eigenvalue weighted by Crippen LogP contribution is 2.30. The molecule has 0 aromatic heterocycles. The van der Waals surface area contributed by atoms with Gasteiger partial charge in [-0.25, -0.2) is 18.2 Å². The van der Waals surface area contributed by atoms with Gasteiger partial charge in [0.1, 0.15) is 0 Å². The minimum atomic E-state index is -3.77. The van der Waals surface area contributed by atoms with Gasteiger partial charge in [-0.1, -0.05) is 48.5 Å². The third kappa shape index (κ3) is 4.68. The first-order valence-electron chi connectivity index (χ1n) is 12.5. The van der Waals surface area contributed by atoms with E-state index in [9.17, 15) is 27.6 Å². The largest absolute Gasteiger partial charge is 0.269 e. The van der Waals surface area contributed by atoms with Crippen molar-refractivity contribution in [1.82, 2.24) is 0 Å². The Bertz CT molecular complexity index is 1720. The molecule has 0 saturated heterocycles. The number of imide groups is 2. The minimum absolute atomic E-state index is 0.142. The highest BCUT2D eigenvalue weighted by Gasteiger charge is 2.26. The van der Waals surface area contributed by atoms with Crippen molar-refractivity contribution >= 4 is 44.8 Å². The number of rotatable bonds is 6. The number of hydrogen-bond donors (Lipinski definition) is 0. The number of benzene rings is 4. The van der Waals surface area contributed by atoms with E-state index in [1.807, 2.05) is 0 Å². The standard InChI is InChI=1S/C32H20N2O6S/c35-29-17-18-30(36)33(29)25-9-1-21(2-10-25)23-5-13-27(14-6-23)41(39,40)28-15-7-24(8-16-28)22-3-11-26(12-4-22)34-31(37)19-20-32(34)38/h1-20H. The molecule has 9 heteroatoms. The molecule has 6 rings (SSSR count). The van der Waals surface area contributed by atoms with Gasteiger partial charge in [-0.3, -0.25) is 19.2 Å². The molecule has 0 unspecified atom stereocenters. The summed E-state index contributed by atoms with van der Waals surface area (Å²) in [6.07, 6.45) is 4.90. The fraction of sp³-hybridized carbons (Fsp3) is 0. The molecular formula is C32H20N2O6S. The molecule has 2 aliphatic rings. The van der Waals surface area contributed by atoms with Crippen LogP contribution in [-0.2, 0) is 29.0 Å². The minimum Gasteiger partial charge on any atom is -0.269 e. The first kappa shape index (κ1) is 25.8. The zero-order valence-electron chi connectivity index (χ0n) is 21.3. The Kier molecular flexibility index (Phi) is 6.28. The Morgan fingerprint density at radius 1 is 0.366 bits per heavy atom. The fourth-order valence-electron chi connectivity index (χ4n) is 4.70. The molecule has 0 aliphatic carbocycles. The number of carbonyl (C=O) groups is 4. The van der Waals surface area contributed by atoms with Gasteiger partial charge in [-0.2, -0.15) is 0 Å². The van der Waals surface area contributed by atoms with Crippen LogP contribution in [0.2, 0.25) is 0 Å². The van der Waals surface area contributed by atoms with E-state index in [2.05, 4.69) is 0 Å². The van der Waals surface area contributed by atoms with Gasteiger partial charge >= 0.3 is 0 Å². The molecule has 0 bridgehead atoms. The van der Waals surface area contributed by atoms with Crippen molar-refractivity contribution in [3.05, 3.63) is 121 Å². The summed E-state index contributed by atoms with van der Waals surface area (Å²) >= 11 is 0. The van der Waals surface area contributed by atoms with Crippen LogP contribution >= 0.6 is 0 Å². The van der Waals surface area contributed by atoms with Crippen LogP contribution in [0.25, 0.3) is 22.3 Å². The van der Waals surface area contributed by atoms with Crippen molar-refractivity contribution in [2.24, 2.45) is 0 Å². The molecule has 4 aromatic carbocycles. The maximum absolute atomic E-state index is 13.3. The lowest BCUT2D eigenvalue weighted by atomic mass is 10.1. The van der Waals surface area contributed by atoms with E-state index in [-0.39, 0.29) is 9.79 Å². The second-order valence-electron chi connectivity index (χ2n) is 9.34. The molecule has 4 aromatic rings. The Morgan fingerprint density at radius 2 is 0.610 bits per heavy atom. The molecule has 0 radical (unpaired) electrons. The van der Waals surface area contributed by atoms with Gasteiger partial charge in [0, 0.05) is 24.3 Å².